The number of rotatable bonds is 4. The number of fused-ring (bicyclic) bond motifs is 1. The topological polar surface area (TPSA) is 24.9 Å². The van der Waals surface area contributed by atoms with E-state index in [2.05, 4.69) is 12.2 Å². The van der Waals surface area contributed by atoms with Crippen molar-refractivity contribution in [1.29, 1.82) is 0 Å². The number of hydrogen-bond acceptors (Lipinski definition) is 3. The SMILES string of the molecule is CCNC(c1cccc(F)c1)c1nc2c(s1)CCC2. The maximum Gasteiger partial charge on any atom is 0.123 e. The molecule has 2 aromatic rings. The molecule has 19 heavy (non-hydrogen) atoms. The van der Waals surface area contributed by atoms with E-state index in [0.29, 0.717) is 0 Å². The van der Waals surface area contributed by atoms with Crippen molar-refractivity contribution in [2.75, 3.05) is 6.54 Å². The molecule has 0 saturated heterocycles. The fourth-order valence-electron chi connectivity index (χ4n) is 2.57. The maximum absolute atomic E-state index is 13.4. The van der Waals surface area contributed by atoms with Crippen molar-refractivity contribution >= 4 is 11.3 Å². The van der Waals surface area contributed by atoms with E-state index < -0.39 is 0 Å². The summed E-state index contributed by atoms with van der Waals surface area (Å²) in [6.07, 6.45) is 3.46. The third kappa shape index (κ3) is 2.55. The van der Waals surface area contributed by atoms with E-state index in [4.69, 9.17) is 4.98 Å². The van der Waals surface area contributed by atoms with Gasteiger partial charge in [-0.15, -0.1) is 11.3 Å². The number of nitrogens with zero attached hydrogens (tertiary/aromatic N) is 1. The minimum Gasteiger partial charge on any atom is -0.305 e. The summed E-state index contributed by atoms with van der Waals surface area (Å²) in [6, 6.07) is 6.81. The number of hydrogen-bond donors (Lipinski definition) is 1. The molecule has 1 N–H and O–H groups in total. The number of nitrogens with one attached hydrogen (secondary N) is 1. The molecule has 1 aliphatic rings. The molecule has 0 bridgehead atoms. The van der Waals surface area contributed by atoms with E-state index in [0.717, 1.165) is 30.0 Å². The second kappa shape index (κ2) is 5.39. The summed E-state index contributed by atoms with van der Waals surface area (Å²) in [5, 5.41) is 4.48. The zero-order chi connectivity index (χ0) is 13.2. The number of thiazole rings is 1. The van der Waals surface area contributed by atoms with E-state index in [9.17, 15) is 4.39 Å². The number of benzene rings is 1. The Kier molecular flexibility index (Phi) is 3.62. The molecule has 0 amide bonds. The molecule has 2 nitrogen and oxygen atoms in total. The minimum atomic E-state index is -0.190. The van der Waals surface area contributed by atoms with Crippen LogP contribution in [0.4, 0.5) is 4.39 Å². The minimum absolute atomic E-state index is 0.0105. The normalized spacial score (nSPS) is 15.5. The summed E-state index contributed by atoms with van der Waals surface area (Å²) in [7, 11) is 0. The third-order valence-electron chi connectivity index (χ3n) is 3.45. The lowest BCUT2D eigenvalue weighted by Gasteiger charge is -2.16. The van der Waals surface area contributed by atoms with Crippen LogP contribution in [0.5, 0.6) is 0 Å². The van der Waals surface area contributed by atoms with Gasteiger partial charge >= 0.3 is 0 Å². The van der Waals surface area contributed by atoms with Gasteiger partial charge in [0.1, 0.15) is 10.8 Å². The first-order valence-electron chi connectivity index (χ1n) is 6.75. The van der Waals surface area contributed by atoms with Crippen molar-refractivity contribution in [3.8, 4) is 0 Å². The summed E-state index contributed by atoms with van der Waals surface area (Å²) >= 11 is 1.77. The van der Waals surface area contributed by atoms with Gasteiger partial charge in [0.2, 0.25) is 0 Å². The van der Waals surface area contributed by atoms with Gasteiger partial charge in [-0.05, 0) is 43.5 Å². The fourth-order valence-corrected chi connectivity index (χ4v) is 3.83. The van der Waals surface area contributed by atoms with Crippen molar-refractivity contribution < 1.29 is 4.39 Å². The van der Waals surface area contributed by atoms with Gasteiger partial charge in [0.25, 0.3) is 0 Å². The molecule has 0 spiro atoms. The summed E-state index contributed by atoms with van der Waals surface area (Å²) in [4.78, 5) is 6.16. The first-order valence-corrected chi connectivity index (χ1v) is 7.57. The molecule has 0 saturated carbocycles. The molecule has 100 valence electrons. The van der Waals surface area contributed by atoms with Crippen LogP contribution in [0, 0.1) is 5.82 Å². The highest BCUT2D eigenvalue weighted by Crippen LogP contribution is 2.33. The molecule has 1 aromatic heterocycles. The summed E-state index contributed by atoms with van der Waals surface area (Å²) in [6.45, 7) is 2.90. The van der Waals surface area contributed by atoms with Crippen LogP contribution < -0.4 is 5.32 Å². The maximum atomic E-state index is 13.4. The first-order chi connectivity index (χ1) is 9.28. The second-order valence-corrected chi connectivity index (χ2v) is 5.94. The lowest BCUT2D eigenvalue weighted by atomic mass is 10.1. The van der Waals surface area contributed by atoms with Gasteiger partial charge in [-0.25, -0.2) is 9.37 Å². The molecule has 3 rings (SSSR count). The quantitative estimate of drug-likeness (QED) is 0.925. The van der Waals surface area contributed by atoms with Gasteiger partial charge in [0.05, 0.1) is 11.7 Å². The van der Waals surface area contributed by atoms with Crippen LogP contribution in [-0.2, 0) is 12.8 Å². The molecule has 4 heteroatoms. The van der Waals surface area contributed by atoms with E-state index >= 15 is 0 Å². The van der Waals surface area contributed by atoms with Gasteiger partial charge in [-0.2, -0.15) is 0 Å². The lowest BCUT2D eigenvalue weighted by molar-refractivity contribution is 0.600. The van der Waals surface area contributed by atoms with Crippen LogP contribution in [0.2, 0.25) is 0 Å². The van der Waals surface area contributed by atoms with Gasteiger partial charge in [0, 0.05) is 4.88 Å². The average Bonchev–Trinajstić information content (AvgIpc) is 2.96. The molecule has 0 fully saturated rings. The molecular weight excluding hydrogens is 259 g/mol. The largest absolute Gasteiger partial charge is 0.305 e. The van der Waals surface area contributed by atoms with Crippen LogP contribution in [0.1, 0.15) is 40.5 Å². The molecular formula is C15H17FN2S. The van der Waals surface area contributed by atoms with Crippen LogP contribution in [0.25, 0.3) is 0 Å². The Morgan fingerprint density at radius 2 is 2.32 bits per heavy atom. The third-order valence-corrected chi connectivity index (χ3v) is 4.67. The van der Waals surface area contributed by atoms with Crippen LogP contribution in [-0.4, -0.2) is 11.5 Å². The predicted molar refractivity (Wildman–Crippen MR) is 76.1 cm³/mol. The smallest absolute Gasteiger partial charge is 0.123 e. The Balaban J connectivity index is 1.95. The second-order valence-electron chi connectivity index (χ2n) is 4.82. The van der Waals surface area contributed by atoms with Crippen LogP contribution in [0.3, 0.4) is 0 Å². The number of halogens is 1. The molecule has 0 aliphatic heterocycles. The summed E-state index contributed by atoms with van der Waals surface area (Å²) in [5.74, 6) is -0.190. The van der Waals surface area contributed by atoms with Crippen molar-refractivity contribution in [2.45, 2.75) is 32.2 Å². The molecule has 1 aliphatic carbocycles. The molecule has 1 aromatic carbocycles. The highest BCUT2D eigenvalue weighted by molar-refractivity contribution is 7.11. The highest BCUT2D eigenvalue weighted by atomic mass is 32.1. The van der Waals surface area contributed by atoms with E-state index in [1.807, 2.05) is 6.07 Å². The number of aromatic nitrogens is 1. The van der Waals surface area contributed by atoms with Crippen molar-refractivity contribution in [1.82, 2.24) is 10.3 Å². The predicted octanol–water partition coefficient (Wildman–Crippen LogP) is 3.47. The fraction of sp³-hybridized carbons (Fsp3) is 0.400. The molecule has 1 unspecified atom stereocenters. The zero-order valence-electron chi connectivity index (χ0n) is 10.9. The zero-order valence-corrected chi connectivity index (χ0v) is 11.8. The van der Waals surface area contributed by atoms with E-state index in [1.54, 1.807) is 23.5 Å². The Morgan fingerprint density at radius 1 is 1.42 bits per heavy atom. The Labute approximate surface area is 116 Å². The Hall–Kier alpha value is -1.26. The average molecular weight is 276 g/mol. The lowest BCUT2D eigenvalue weighted by Crippen LogP contribution is -2.22. The van der Waals surface area contributed by atoms with Gasteiger partial charge in [0.15, 0.2) is 0 Å². The number of aryl methyl sites for hydroxylation is 2. The standard InChI is InChI=1S/C15H17FN2S/c1-2-17-14(10-5-3-6-11(16)9-10)15-18-12-7-4-8-13(12)19-15/h3,5-6,9,14,17H,2,4,7-8H2,1H3. The van der Waals surface area contributed by atoms with Crippen molar-refractivity contribution in [2.24, 2.45) is 0 Å². The van der Waals surface area contributed by atoms with Crippen LogP contribution >= 0.6 is 11.3 Å². The van der Waals surface area contributed by atoms with Gasteiger partial charge in [-0.1, -0.05) is 19.1 Å². The van der Waals surface area contributed by atoms with Gasteiger partial charge in [-0.3, -0.25) is 0 Å². The molecule has 1 atom stereocenters. The van der Waals surface area contributed by atoms with Crippen molar-refractivity contribution in [3.05, 3.63) is 51.2 Å². The molecule has 0 radical (unpaired) electrons. The molecule has 1 heterocycles. The van der Waals surface area contributed by atoms with Crippen LogP contribution in [0.15, 0.2) is 24.3 Å². The van der Waals surface area contributed by atoms with E-state index in [-0.39, 0.29) is 11.9 Å². The summed E-state index contributed by atoms with van der Waals surface area (Å²) < 4.78 is 13.4. The van der Waals surface area contributed by atoms with Crippen molar-refractivity contribution in [3.63, 3.8) is 0 Å². The highest BCUT2D eigenvalue weighted by Gasteiger charge is 2.22. The van der Waals surface area contributed by atoms with Gasteiger partial charge < -0.3 is 5.32 Å². The first kappa shape index (κ1) is 12.8. The Morgan fingerprint density at radius 3 is 3.05 bits per heavy atom. The Bertz CT molecular complexity index is 558. The monoisotopic (exact) mass is 276 g/mol. The summed E-state index contributed by atoms with van der Waals surface area (Å²) in [5.41, 5.74) is 2.20. The van der Waals surface area contributed by atoms with E-state index in [1.165, 1.54) is 23.1 Å².